The lowest BCUT2D eigenvalue weighted by Crippen LogP contribution is -2.65. The Morgan fingerprint density at radius 2 is 1.95 bits per heavy atom. The maximum atomic E-state index is 12.4. The Morgan fingerprint density at radius 1 is 1.40 bits per heavy atom. The molecule has 0 atom stereocenters. The second-order valence-corrected chi connectivity index (χ2v) is 8.00. The quantitative estimate of drug-likeness (QED) is 0.830. The molecule has 1 aromatic rings. The molecule has 0 amide bonds. The molecule has 1 aliphatic rings. The minimum absolute atomic E-state index is 0.000579. The van der Waals surface area contributed by atoms with E-state index in [1.54, 1.807) is 6.92 Å². The minimum atomic E-state index is -3.66. The van der Waals surface area contributed by atoms with Crippen LogP contribution in [-0.2, 0) is 10.0 Å². The number of hydrogen-bond acceptors (Lipinski definition) is 4. The summed E-state index contributed by atoms with van der Waals surface area (Å²) in [5.41, 5.74) is 5.81. The van der Waals surface area contributed by atoms with Crippen molar-refractivity contribution >= 4 is 27.3 Å². The minimum Gasteiger partial charge on any atom is -0.398 e. The van der Waals surface area contributed by atoms with Crippen molar-refractivity contribution in [3.8, 4) is 0 Å². The SMILES string of the molecule is Cc1c(N)cc(S(=O)(=O)N2CC(O)(C(C)C)C2)cc1Cl. The van der Waals surface area contributed by atoms with E-state index in [1.807, 2.05) is 13.8 Å². The van der Waals surface area contributed by atoms with E-state index in [-0.39, 0.29) is 23.9 Å². The van der Waals surface area contributed by atoms with Crippen molar-refractivity contribution in [2.75, 3.05) is 18.8 Å². The van der Waals surface area contributed by atoms with E-state index < -0.39 is 15.6 Å². The summed E-state index contributed by atoms with van der Waals surface area (Å²) in [6.45, 7) is 5.65. The van der Waals surface area contributed by atoms with Crippen molar-refractivity contribution in [1.82, 2.24) is 4.31 Å². The number of hydrogen-bond donors (Lipinski definition) is 2. The van der Waals surface area contributed by atoms with Crippen LogP contribution in [0.2, 0.25) is 5.02 Å². The second-order valence-electron chi connectivity index (χ2n) is 5.65. The molecule has 0 saturated carbocycles. The van der Waals surface area contributed by atoms with Gasteiger partial charge >= 0.3 is 0 Å². The highest BCUT2D eigenvalue weighted by Gasteiger charge is 2.49. The molecule has 0 bridgehead atoms. The van der Waals surface area contributed by atoms with Crippen molar-refractivity contribution in [2.45, 2.75) is 31.3 Å². The van der Waals surface area contributed by atoms with Gasteiger partial charge in [-0.1, -0.05) is 25.4 Å². The Kier molecular flexibility index (Phi) is 3.79. The lowest BCUT2D eigenvalue weighted by molar-refractivity contribution is -0.0932. The van der Waals surface area contributed by atoms with Crippen molar-refractivity contribution in [3.63, 3.8) is 0 Å². The maximum absolute atomic E-state index is 12.4. The van der Waals surface area contributed by atoms with Crippen LogP contribution in [0, 0.1) is 12.8 Å². The van der Waals surface area contributed by atoms with Gasteiger partial charge in [0.25, 0.3) is 0 Å². The smallest absolute Gasteiger partial charge is 0.243 e. The standard InChI is InChI=1S/C13H19ClN2O3S/c1-8(2)13(17)6-16(7-13)20(18,19)10-4-11(14)9(3)12(15)5-10/h4-5,8,17H,6-7,15H2,1-3H3. The number of sulfonamides is 1. The lowest BCUT2D eigenvalue weighted by Gasteiger charge is -2.47. The Hall–Kier alpha value is -0.820. The van der Waals surface area contributed by atoms with E-state index >= 15 is 0 Å². The number of nitrogens with two attached hydrogens (primary N) is 1. The zero-order valence-corrected chi connectivity index (χ0v) is 13.3. The number of rotatable bonds is 3. The van der Waals surface area contributed by atoms with Crippen molar-refractivity contribution in [2.24, 2.45) is 5.92 Å². The van der Waals surface area contributed by atoms with Crippen LogP contribution in [0.5, 0.6) is 0 Å². The van der Waals surface area contributed by atoms with Gasteiger partial charge in [0.1, 0.15) is 0 Å². The van der Waals surface area contributed by atoms with E-state index in [2.05, 4.69) is 0 Å². The number of anilines is 1. The fraction of sp³-hybridized carbons (Fsp3) is 0.538. The molecule has 0 unspecified atom stereocenters. The van der Waals surface area contributed by atoms with Crippen molar-refractivity contribution in [1.29, 1.82) is 0 Å². The van der Waals surface area contributed by atoms with Crippen LogP contribution in [0.25, 0.3) is 0 Å². The summed E-state index contributed by atoms with van der Waals surface area (Å²) in [4.78, 5) is 0.0661. The molecule has 1 aromatic carbocycles. The van der Waals surface area contributed by atoms with Crippen molar-refractivity contribution < 1.29 is 13.5 Å². The first kappa shape index (κ1) is 15.6. The highest BCUT2D eigenvalue weighted by molar-refractivity contribution is 7.89. The first-order valence-corrected chi connectivity index (χ1v) is 8.18. The molecule has 7 heteroatoms. The monoisotopic (exact) mass is 318 g/mol. The molecular formula is C13H19ClN2O3S. The molecule has 3 N–H and O–H groups in total. The number of nitrogen functional groups attached to an aromatic ring is 1. The molecule has 20 heavy (non-hydrogen) atoms. The molecule has 112 valence electrons. The van der Waals surface area contributed by atoms with Gasteiger partial charge in [0.15, 0.2) is 0 Å². The van der Waals surface area contributed by atoms with Crippen LogP contribution in [-0.4, -0.2) is 36.5 Å². The molecule has 1 heterocycles. The third-order valence-corrected chi connectivity index (χ3v) is 6.13. The number of aliphatic hydroxyl groups is 1. The van der Waals surface area contributed by atoms with Gasteiger partial charge in [0.2, 0.25) is 10.0 Å². The van der Waals surface area contributed by atoms with Crippen LogP contribution in [0.3, 0.4) is 0 Å². The van der Waals surface area contributed by atoms with Crippen LogP contribution in [0.4, 0.5) is 5.69 Å². The van der Waals surface area contributed by atoms with Gasteiger partial charge in [-0.15, -0.1) is 0 Å². The summed E-state index contributed by atoms with van der Waals surface area (Å²) in [6.07, 6.45) is 0. The summed E-state index contributed by atoms with van der Waals surface area (Å²) < 4.78 is 26.1. The molecule has 1 fully saturated rings. The number of nitrogens with zero attached hydrogens (tertiary/aromatic N) is 1. The van der Waals surface area contributed by atoms with Gasteiger partial charge in [-0.2, -0.15) is 4.31 Å². The molecule has 0 aromatic heterocycles. The Balaban J connectivity index is 2.30. The largest absolute Gasteiger partial charge is 0.398 e. The van der Waals surface area contributed by atoms with Crippen LogP contribution in [0.15, 0.2) is 17.0 Å². The molecule has 5 nitrogen and oxygen atoms in total. The molecular weight excluding hydrogens is 300 g/mol. The maximum Gasteiger partial charge on any atom is 0.243 e. The highest BCUT2D eigenvalue weighted by Crippen LogP contribution is 2.35. The van der Waals surface area contributed by atoms with Crippen LogP contribution in [0.1, 0.15) is 19.4 Å². The number of benzene rings is 1. The Bertz CT molecular complexity index is 614. The third-order valence-electron chi connectivity index (χ3n) is 3.97. The summed E-state index contributed by atoms with van der Waals surface area (Å²) in [6, 6.07) is 2.80. The summed E-state index contributed by atoms with van der Waals surface area (Å²) in [5.74, 6) is 0.000579. The van der Waals surface area contributed by atoms with E-state index in [1.165, 1.54) is 16.4 Å². The van der Waals surface area contributed by atoms with Crippen LogP contribution >= 0.6 is 11.6 Å². The first-order chi connectivity index (χ1) is 9.08. The van der Waals surface area contributed by atoms with Gasteiger partial charge in [-0.25, -0.2) is 8.42 Å². The summed E-state index contributed by atoms with van der Waals surface area (Å²) in [7, 11) is -3.66. The highest BCUT2D eigenvalue weighted by atomic mass is 35.5. The first-order valence-electron chi connectivity index (χ1n) is 6.36. The summed E-state index contributed by atoms with van der Waals surface area (Å²) >= 11 is 5.99. The predicted molar refractivity (Wildman–Crippen MR) is 79.1 cm³/mol. The molecule has 2 rings (SSSR count). The zero-order valence-electron chi connectivity index (χ0n) is 11.7. The van der Waals surface area contributed by atoms with Gasteiger partial charge in [0, 0.05) is 23.8 Å². The Labute approximate surface area is 124 Å². The summed E-state index contributed by atoms with van der Waals surface area (Å²) in [5, 5.41) is 10.5. The topological polar surface area (TPSA) is 83.6 Å². The van der Waals surface area contributed by atoms with E-state index in [4.69, 9.17) is 17.3 Å². The van der Waals surface area contributed by atoms with E-state index in [0.717, 1.165) is 0 Å². The average molecular weight is 319 g/mol. The molecule has 0 aliphatic carbocycles. The zero-order chi connectivity index (χ0) is 15.3. The van der Waals surface area contributed by atoms with Gasteiger partial charge < -0.3 is 10.8 Å². The van der Waals surface area contributed by atoms with Gasteiger partial charge in [0.05, 0.1) is 10.5 Å². The van der Waals surface area contributed by atoms with Crippen LogP contribution < -0.4 is 5.73 Å². The predicted octanol–water partition coefficient (Wildman–Crippen LogP) is 1.62. The van der Waals surface area contributed by atoms with Crippen molar-refractivity contribution in [3.05, 3.63) is 22.7 Å². The average Bonchev–Trinajstić information content (AvgIpc) is 2.30. The fourth-order valence-electron chi connectivity index (χ4n) is 2.07. The lowest BCUT2D eigenvalue weighted by atomic mass is 9.85. The number of halogens is 1. The van der Waals surface area contributed by atoms with E-state index in [9.17, 15) is 13.5 Å². The molecule has 0 spiro atoms. The number of β-amino-alcohol motifs (C(OH)–C–C–N with tert-alkyl or cyclic N) is 1. The van der Waals surface area contributed by atoms with Gasteiger partial charge in [-0.3, -0.25) is 0 Å². The fourth-order valence-corrected chi connectivity index (χ4v) is 3.99. The Morgan fingerprint density at radius 3 is 2.40 bits per heavy atom. The van der Waals surface area contributed by atoms with Gasteiger partial charge in [-0.05, 0) is 30.5 Å². The molecule has 1 aliphatic heterocycles. The molecule has 0 radical (unpaired) electrons. The molecule has 1 saturated heterocycles. The van der Waals surface area contributed by atoms with E-state index in [0.29, 0.717) is 16.3 Å². The normalized spacial score (nSPS) is 19.1. The third kappa shape index (κ3) is 2.41. The second kappa shape index (κ2) is 4.87.